The summed E-state index contributed by atoms with van der Waals surface area (Å²) in [5.74, 6) is 6.50. The molecule has 8 nitrogen and oxygen atoms in total. The summed E-state index contributed by atoms with van der Waals surface area (Å²) in [5, 5.41) is 0. The van der Waals surface area contributed by atoms with Gasteiger partial charge in [0.1, 0.15) is 23.0 Å². The number of fused-ring (bicyclic) bond motifs is 18. The fraction of sp³-hybridized carbons (Fsp3) is 0.700. The van der Waals surface area contributed by atoms with Crippen LogP contribution in [-0.4, -0.2) is 65.1 Å². The molecule has 10 atom stereocenters. The van der Waals surface area contributed by atoms with Crippen LogP contribution in [0.15, 0.2) is 36.4 Å². The molecule has 4 aliphatic carbocycles. The number of rotatable bonds is 0. The molecule has 2 saturated heterocycles. The normalized spacial score (nSPS) is 38.0. The van der Waals surface area contributed by atoms with Gasteiger partial charge in [0.25, 0.3) is 0 Å². The highest BCUT2D eigenvalue weighted by Crippen LogP contribution is 2.70. The Morgan fingerprint density at radius 3 is 0.960 bits per heavy atom. The standard InChI is InChI=1S/C40H52B2O8/c1-2-6-10-20-44-30-16-14-18-32-36(30)42-49-39-27-24-28(40(39)50-42)34-26-23-25(33(27)34)37-38(26)48-41(47-37)35-29(43-19-9-5-1)15-13-17-31(35)45-21-11-7-3-4-8-12-22-46-32/h13-18,25-28,33-34,37-40H,1-12,19-24H2/t25-,26+,27+,28-,33?,34?,37-,38+,39+,40-. The summed E-state index contributed by atoms with van der Waals surface area (Å²) >= 11 is 0. The molecular weight excluding hydrogens is 630 g/mol. The molecule has 2 unspecified atom stereocenters. The van der Waals surface area contributed by atoms with Crippen molar-refractivity contribution >= 4 is 25.2 Å². The van der Waals surface area contributed by atoms with Crippen molar-refractivity contribution in [2.75, 3.05) is 26.4 Å². The van der Waals surface area contributed by atoms with Crippen molar-refractivity contribution in [2.45, 2.75) is 114 Å². The summed E-state index contributed by atoms with van der Waals surface area (Å²) in [7, 11) is -0.931. The fourth-order valence-electron chi connectivity index (χ4n) is 11.6. The second-order valence-corrected chi connectivity index (χ2v) is 16.3. The first-order chi connectivity index (χ1) is 24.8. The molecule has 2 aromatic carbocycles. The predicted molar refractivity (Wildman–Crippen MR) is 191 cm³/mol. The molecule has 6 fully saturated rings. The molecule has 0 radical (unpaired) electrons. The predicted octanol–water partition coefficient (Wildman–Crippen LogP) is 6.10. The Balaban J connectivity index is 1.00. The van der Waals surface area contributed by atoms with Crippen molar-refractivity contribution in [3.63, 3.8) is 0 Å². The van der Waals surface area contributed by atoms with Crippen LogP contribution in [0.4, 0.5) is 0 Å². The first-order valence-corrected chi connectivity index (χ1v) is 20.2. The van der Waals surface area contributed by atoms with Gasteiger partial charge >= 0.3 is 14.2 Å². The minimum atomic E-state index is -0.465. The van der Waals surface area contributed by atoms with Crippen molar-refractivity contribution in [1.29, 1.82) is 0 Å². The van der Waals surface area contributed by atoms with E-state index in [-0.39, 0.29) is 24.4 Å². The Kier molecular flexibility index (Phi) is 8.95. The summed E-state index contributed by atoms with van der Waals surface area (Å²) in [4.78, 5) is 0. The fourth-order valence-corrected chi connectivity index (χ4v) is 11.6. The molecule has 0 aromatic heterocycles. The molecule has 10 aliphatic rings. The highest BCUT2D eigenvalue weighted by Gasteiger charge is 2.74. The smallest absolute Gasteiger partial charge is 0.494 e. The van der Waals surface area contributed by atoms with Crippen LogP contribution in [0, 0.1) is 35.5 Å². The highest BCUT2D eigenvalue weighted by atomic mass is 16.7. The van der Waals surface area contributed by atoms with Crippen LogP contribution in [0.25, 0.3) is 0 Å². The van der Waals surface area contributed by atoms with Gasteiger partial charge in [0.2, 0.25) is 0 Å². The third-order valence-electron chi connectivity index (χ3n) is 13.6. The minimum absolute atomic E-state index is 0.0976. The number of ether oxygens (including phenoxy) is 4. The van der Waals surface area contributed by atoms with E-state index in [2.05, 4.69) is 36.4 Å². The molecule has 0 spiro atoms. The molecule has 266 valence electrons. The maximum Gasteiger partial charge on any atom is 0.502 e. The quantitative estimate of drug-likeness (QED) is 0.309. The Morgan fingerprint density at radius 1 is 0.380 bits per heavy atom. The lowest BCUT2D eigenvalue weighted by molar-refractivity contribution is -0.0431. The van der Waals surface area contributed by atoms with Crippen LogP contribution in [-0.2, 0) is 18.6 Å². The van der Waals surface area contributed by atoms with Gasteiger partial charge in [0.15, 0.2) is 0 Å². The van der Waals surface area contributed by atoms with Gasteiger partial charge in [-0.2, -0.15) is 0 Å². The van der Waals surface area contributed by atoms with E-state index >= 15 is 0 Å². The van der Waals surface area contributed by atoms with Gasteiger partial charge in [-0.3, -0.25) is 0 Å². The minimum Gasteiger partial charge on any atom is -0.494 e. The Labute approximate surface area is 297 Å². The zero-order valence-corrected chi connectivity index (χ0v) is 29.4. The SMILES string of the molecule is c1cc2c3c(c1)OCCCCCCCCOc1cccc(c1B1O[C@@H]4[C@H](O1)[C@@H]1C[C@H]4C4C1[C@@H]1C[C@H]4[C@H]4OB3O[C@H]41)OCCCCCCCCO2. The Hall–Kier alpha value is -2.39. The zero-order chi connectivity index (χ0) is 33.0. The molecule has 10 heteroatoms. The lowest BCUT2D eigenvalue weighted by Crippen LogP contribution is -2.49. The first-order valence-electron chi connectivity index (χ1n) is 20.2. The molecule has 4 saturated carbocycles. The molecule has 12 bridgehead atoms. The monoisotopic (exact) mass is 682 g/mol. The van der Waals surface area contributed by atoms with E-state index in [1.54, 1.807) is 0 Å². The third-order valence-corrected chi connectivity index (χ3v) is 13.6. The molecule has 6 aliphatic heterocycles. The van der Waals surface area contributed by atoms with Crippen molar-refractivity contribution in [1.82, 2.24) is 0 Å². The van der Waals surface area contributed by atoms with E-state index < -0.39 is 14.2 Å². The number of hydrogen-bond acceptors (Lipinski definition) is 8. The van der Waals surface area contributed by atoms with E-state index in [1.807, 2.05) is 0 Å². The highest BCUT2D eigenvalue weighted by molar-refractivity contribution is 6.64. The van der Waals surface area contributed by atoms with Gasteiger partial charge in [0.05, 0.1) is 61.8 Å². The van der Waals surface area contributed by atoms with E-state index in [4.69, 9.17) is 37.6 Å². The summed E-state index contributed by atoms with van der Waals surface area (Å²) in [6.45, 7) is 2.73. The van der Waals surface area contributed by atoms with Crippen molar-refractivity contribution < 1.29 is 37.6 Å². The first kappa shape index (κ1) is 32.3. The molecule has 0 amide bonds. The van der Waals surface area contributed by atoms with Crippen molar-refractivity contribution in [2.24, 2.45) is 35.5 Å². The lowest BCUT2D eigenvalue weighted by atomic mass is 9.67. The second kappa shape index (κ2) is 13.9. The van der Waals surface area contributed by atoms with Crippen LogP contribution < -0.4 is 29.9 Å². The summed E-state index contributed by atoms with van der Waals surface area (Å²) in [6.07, 6.45) is 16.2. The summed E-state index contributed by atoms with van der Waals surface area (Å²) in [5.41, 5.74) is 1.90. The maximum atomic E-state index is 7.01. The Morgan fingerprint density at radius 2 is 0.660 bits per heavy atom. The molecule has 6 heterocycles. The van der Waals surface area contributed by atoms with Crippen LogP contribution in [0.5, 0.6) is 23.0 Å². The van der Waals surface area contributed by atoms with E-state index in [9.17, 15) is 0 Å². The van der Waals surface area contributed by atoms with Gasteiger partial charge in [-0.05, 0) is 98.3 Å². The van der Waals surface area contributed by atoms with Gasteiger partial charge in [-0.15, -0.1) is 0 Å². The maximum absolute atomic E-state index is 7.01. The van der Waals surface area contributed by atoms with Gasteiger partial charge in [0, 0.05) is 0 Å². The average Bonchev–Trinajstić information content (AvgIpc) is 3.96. The van der Waals surface area contributed by atoms with E-state index in [0.717, 1.165) is 85.3 Å². The van der Waals surface area contributed by atoms with Crippen LogP contribution in [0.1, 0.15) is 89.9 Å². The van der Waals surface area contributed by atoms with Gasteiger partial charge < -0.3 is 37.6 Å². The molecule has 50 heavy (non-hydrogen) atoms. The van der Waals surface area contributed by atoms with Gasteiger partial charge in [-0.25, -0.2) is 0 Å². The number of benzene rings is 2. The van der Waals surface area contributed by atoms with E-state index in [0.29, 0.717) is 61.9 Å². The molecular formula is C40H52B2O8. The second-order valence-electron chi connectivity index (χ2n) is 16.3. The third kappa shape index (κ3) is 5.57. The molecule has 0 N–H and O–H groups in total. The summed E-state index contributed by atoms with van der Waals surface area (Å²) in [6, 6.07) is 12.5. The van der Waals surface area contributed by atoms with Crippen LogP contribution >= 0.6 is 0 Å². The summed E-state index contributed by atoms with van der Waals surface area (Å²) < 4.78 is 54.2. The molecule has 2 aromatic rings. The van der Waals surface area contributed by atoms with E-state index in [1.165, 1.54) is 38.5 Å². The topological polar surface area (TPSA) is 73.8 Å². The van der Waals surface area contributed by atoms with Crippen molar-refractivity contribution in [3.05, 3.63) is 36.4 Å². The van der Waals surface area contributed by atoms with Crippen LogP contribution in [0.2, 0.25) is 0 Å². The zero-order valence-electron chi connectivity index (χ0n) is 29.4. The lowest BCUT2D eigenvalue weighted by Gasteiger charge is -2.43. The number of hydrogen-bond donors (Lipinski definition) is 0. The van der Waals surface area contributed by atoms with Crippen molar-refractivity contribution in [3.8, 4) is 23.0 Å². The average molecular weight is 682 g/mol. The molecule has 12 rings (SSSR count). The largest absolute Gasteiger partial charge is 0.502 e. The van der Waals surface area contributed by atoms with Gasteiger partial charge in [-0.1, -0.05) is 63.5 Å². The van der Waals surface area contributed by atoms with Crippen LogP contribution in [0.3, 0.4) is 0 Å². The Bertz CT molecular complexity index is 1320.